The molecule has 0 atom stereocenters. The fraction of sp³-hybridized carbons (Fsp3) is 0.273. The fourth-order valence-corrected chi connectivity index (χ4v) is 2.13. The van der Waals surface area contributed by atoms with Gasteiger partial charge >= 0.3 is 0 Å². The summed E-state index contributed by atoms with van der Waals surface area (Å²) in [6.07, 6.45) is 2.55. The van der Waals surface area contributed by atoms with E-state index in [-0.39, 0.29) is 5.56 Å². The van der Waals surface area contributed by atoms with E-state index in [0.717, 1.165) is 26.9 Å². The molecule has 0 saturated heterocycles. The van der Waals surface area contributed by atoms with Gasteiger partial charge in [-0.25, -0.2) is 4.98 Å². The molecule has 0 amide bonds. The molecule has 0 radical (unpaired) electrons. The lowest BCUT2D eigenvalue weighted by atomic mass is 10.2. The van der Waals surface area contributed by atoms with E-state index in [9.17, 15) is 4.79 Å². The molecule has 15 heavy (non-hydrogen) atoms. The highest BCUT2D eigenvalue weighted by atomic mass is 127. The Morgan fingerprint density at radius 2 is 2.20 bits per heavy atom. The van der Waals surface area contributed by atoms with Crippen LogP contribution >= 0.6 is 22.6 Å². The number of hydrogen-bond acceptors (Lipinski definition) is 2. The van der Waals surface area contributed by atoms with Crippen molar-refractivity contribution in [3.63, 3.8) is 0 Å². The van der Waals surface area contributed by atoms with E-state index in [1.54, 1.807) is 4.40 Å². The van der Waals surface area contributed by atoms with Crippen molar-refractivity contribution in [2.45, 2.75) is 20.3 Å². The Labute approximate surface area is 101 Å². The van der Waals surface area contributed by atoms with Gasteiger partial charge in [-0.1, -0.05) is 6.92 Å². The van der Waals surface area contributed by atoms with Crippen LogP contribution in [0.1, 0.15) is 18.2 Å². The Bertz CT molecular complexity index is 575. The number of halogens is 1. The zero-order valence-corrected chi connectivity index (χ0v) is 10.8. The van der Waals surface area contributed by atoms with Gasteiger partial charge in [0.25, 0.3) is 5.56 Å². The zero-order valence-electron chi connectivity index (χ0n) is 8.62. The van der Waals surface area contributed by atoms with Gasteiger partial charge in [0, 0.05) is 21.0 Å². The van der Waals surface area contributed by atoms with Crippen LogP contribution < -0.4 is 5.56 Å². The first-order valence-corrected chi connectivity index (χ1v) is 5.88. The molecule has 0 aromatic carbocycles. The molecule has 0 aliphatic heterocycles. The van der Waals surface area contributed by atoms with E-state index in [2.05, 4.69) is 27.6 Å². The summed E-state index contributed by atoms with van der Waals surface area (Å²) in [4.78, 5) is 16.5. The van der Waals surface area contributed by atoms with Crippen LogP contribution in [0.2, 0.25) is 0 Å². The summed E-state index contributed by atoms with van der Waals surface area (Å²) in [7, 11) is 0. The van der Waals surface area contributed by atoms with Crippen LogP contribution in [0.15, 0.2) is 23.1 Å². The third-order valence-corrected chi connectivity index (χ3v) is 3.08. The van der Waals surface area contributed by atoms with E-state index in [4.69, 9.17) is 0 Å². The quantitative estimate of drug-likeness (QED) is 0.756. The van der Waals surface area contributed by atoms with Gasteiger partial charge in [-0.3, -0.25) is 9.20 Å². The van der Waals surface area contributed by atoms with E-state index >= 15 is 0 Å². The first-order chi connectivity index (χ1) is 7.13. The van der Waals surface area contributed by atoms with Crippen LogP contribution in [0.4, 0.5) is 0 Å². The molecule has 0 unspecified atom stereocenters. The first-order valence-electron chi connectivity index (χ1n) is 4.81. The summed E-state index contributed by atoms with van der Waals surface area (Å²) in [6.45, 7) is 3.86. The summed E-state index contributed by atoms with van der Waals surface area (Å²) in [5, 5.41) is 0. The van der Waals surface area contributed by atoms with Gasteiger partial charge in [-0.2, -0.15) is 0 Å². The van der Waals surface area contributed by atoms with Crippen molar-refractivity contribution in [1.82, 2.24) is 9.38 Å². The Hall–Kier alpha value is -0.910. The minimum atomic E-state index is 0.0542. The van der Waals surface area contributed by atoms with Gasteiger partial charge in [0.1, 0.15) is 5.65 Å². The van der Waals surface area contributed by atoms with E-state index < -0.39 is 0 Å². The Kier molecular flexibility index (Phi) is 2.77. The average molecular weight is 314 g/mol. The van der Waals surface area contributed by atoms with Crippen LogP contribution in [-0.2, 0) is 6.42 Å². The molecule has 0 saturated carbocycles. The van der Waals surface area contributed by atoms with Crippen molar-refractivity contribution in [2.24, 2.45) is 0 Å². The maximum Gasteiger partial charge on any atom is 0.261 e. The number of aromatic nitrogens is 2. The second kappa shape index (κ2) is 3.92. The maximum atomic E-state index is 12.1. The SMILES string of the molecule is CCc1c(C)nc2ccc(I)cn2c1=O. The number of hydrogen-bond donors (Lipinski definition) is 0. The lowest BCUT2D eigenvalue weighted by Gasteiger charge is -2.06. The summed E-state index contributed by atoms with van der Waals surface area (Å²) in [5.74, 6) is 0. The topological polar surface area (TPSA) is 34.4 Å². The molecule has 78 valence electrons. The normalized spacial score (nSPS) is 10.9. The smallest absolute Gasteiger partial charge is 0.261 e. The predicted octanol–water partition coefficient (Wildman–Crippen LogP) is 2.17. The van der Waals surface area contributed by atoms with Crippen molar-refractivity contribution in [3.8, 4) is 0 Å². The predicted molar refractivity (Wildman–Crippen MR) is 68.3 cm³/mol. The first kappa shape index (κ1) is 10.6. The van der Waals surface area contributed by atoms with Crippen LogP contribution in [-0.4, -0.2) is 9.38 Å². The molecule has 2 aromatic rings. The Balaban J connectivity index is 2.92. The standard InChI is InChI=1S/C11H11IN2O/c1-3-9-7(2)13-10-5-4-8(12)6-14(10)11(9)15/h4-6H,3H2,1-2H3. The second-order valence-electron chi connectivity index (χ2n) is 3.41. The number of rotatable bonds is 1. The Morgan fingerprint density at radius 3 is 2.87 bits per heavy atom. The zero-order chi connectivity index (χ0) is 11.0. The molecule has 3 nitrogen and oxygen atoms in total. The third-order valence-electron chi connectivity index (χ3n) is 2.44. The van der Waals surface area contributed by atoms with Gasteiger partial charge in [0.2, 0.25) is 0 Å². The monoisotopic (exact) mass is 314 g/mol. The molecule has 0 N–H and O–H groups in total. The van der Waals surface area contributed by atoms with E-state index in [1.807, 2.05) is 32.2 Å². The minimum absolute atomic E-state index is 0.0542. The summed E-state index contributed by atoms with van der Waals surface area (Å²) in [6, 6.07) is 3.82. The number of nitrogens with zero attached hydrogens (tertiary/aromatic N) is 2. The van der Waals surface area contributed by atoms with E-state index in [0.29, 0.717) is 0 Å². The molecule has 2 aromatic heterocycles. The van der Waals surface area contributed by atoms with Crippen LogP contribution in [0.25, 0.3) is 5.65 Å². The van der Waals surface area contributed by atoms with Crippen molar-refractivity contribution < 1.29 is 0 Å². The molecular formula is C11H11IN2O. The molecule has 2 heterocycles. The highest BCUT2D eigenvalue weighted by Crippen LogP contribution is 2.08. The fourth-order valence-electron chi connectivity index (χ4n) is 1.67. The van der Waals surface area contributed by atoms with Gasteiger partial charge < -0.3 is 0 Å². The summed E-state index contributed by atoms with van der Waals surface area (Å²) < 4.78 is 2.66. The van der Waals surface area contributed by atoms with Gasteiger partial charge in [-0.05, 0) is 48.1 Å². The number of aryl methyl sites for hydroxylation is 1. The van der Waals surface area contributed by atoms with Gasteiger partial charge in [0.05, 0.1) is 0 Å². The van der Waals surface area contributed by atoms with Crippen LogP contribution in [0, 0.1) is 10.5 Å². The molecule has 0 spiro atoms. The van der Waals surface area contributed by atoms with E-state index in [1.165, 1.54) is 0 Å². The molecule has 2 rings (SSSR count). The molecule has 0 fully saturated rings. The lowest BCUT2D eigenvalue weighted by molar-refractivity contribution is 0.934. The summed E-state index contributed by atoms with van der Waals surface area (Å²) >= 11 is 2.19. The number of pyridine rings is 1. The van der Waals surface area contributed by atoms with Crippen molar-refractivity contribution in [2.75, 3.05) is 0 Å². The molecule has 0 bridgehead atoms. The van der Waals surface area contributed by atoms with Crippen molar-refractivity contribution in [1.29, 1.82) is 0 Å². The lowest BCUT2D eigenvalue weighted by Crippen LogP contribution is -2.21. The molecule has 4 heteroatoms. The largest absolute Gasteiger partial charge is 0.269 e. The third kappa shape index (κ3) is 1.78. The van der Waals surface area contributed by atoms with Gasteiger partial charge in [-0.15, -0.1) is 0 Å². The molecule has 0 aliphatic rings. The van der Waals surface area contributed by atoms with Crippen molar-refractivity contribution in [3.05, 3.63) is 43.5 Å². The van der Waals surface area contributed by atoms with Crippen molar-refractivity contribution >= 4 is 28.2 Å². The number of fused-ring (bicyclic) bond motifs is 1. The minimum Gasteiger partial charge on any atom is -0.269 e. The molecule has 0 aliphatic carbocycles. The highest BCUT2D eigenvalue weighted by Gasteiger charge is 2.07. The summed E-state index contributed by atoms with van der Waals surface area (Å²) in [5.41, 5.74) is 2.41. The van der Waals surface area contributed by atoms with Gasteiger partial charge in [0.15, 0.2) is 0 Å². The maximum absolute atomic E-state index is 12.1. The highest BCUT2D eigenvalue weighted by molar-refractivity contribution is 14.1. The van der Waals surface area contributed by atoms with Crippen LogP contribution in [0.5, 0.6) is 0 Å². The Morgan fingerprint density at radius 1 is 1.47 bits per heavy atom. The molecular weight excluding hydrogens is 303 g/mol. The van der Waals surface area contributed by atoms with Crippen LogP contribution in [0.3, 0.4) is 0 Å². The average Bonchev–Trinajstić information content (AvgIpc) is 2.20. The second-order valence-corrected chi connectivity index (χ2v) is 4.66.